The predicted molar refractivity (Wildman–Crippen MR) is 64.4 cm³/mol. The molecule has 0 radical (unpaired) electrons. The maximum Gasteiger partial charge on any atom is 0.265 e. The van der Waals surface area contributed by atoms with Gasteiger partial charge in [0.1, 0.15) is 0 Å². The maximum absolute atomic E-state index is 6.86. The molecule has 1 N–H and O–H groups in total. The Kier molecular flexibility index (Phi) is 5.76. The van der Waals surface area contributed by atoms with Crippen molar-refractivity contribution >= 4 is 5.96 Å². The number of rotatable bonds is 3. The smallest absolute Gasteiger partial charge is 0.265 e. The monoisotopic (exact) mass is 210 g/mol. The van der Waals surface area contributed by atoms with Gasteiger partial charge < -0.3 is 4.90 Å². The minimum Gasteiger partial charge on any atom is -0.333 e. The molecule has 0 heterocycles. The van der Waals surface area contributed by atoms with Crippen molar-refractivity contribution in [1.29, 1.82) is 0 Å². The second-order valence-corrected chi connectivity index (χ2v) is 4.36. The van der Waals surface area contributed by atoms with Gasteiger partial charge in [0.05, 0.1) is 0 Å². The summed E-state index contributed by atoms with van der Waals surface area (Å²) in [5.74, 6) is 0.671. The van der Waals surface area contributed by atoms with Gasteiger partial charge >= 0.3 is 0 Å². The zero-order chi connectivity index (χ0) is 12.0. The van der Waals surface area contributed by atoms with Gasteiger partial charge in [-0.1, -0.05) is 5.43 Å². The Morgan fingerprint density at radius 1 is 1.13 bits per heavy atom. The molecule has 0 aromatic rings. The summed E-state index contributed by atoms with van der Waals surface area (Å²) in [6.07, 6.45) is 0. The van der Waals surface area contributed by atoms with Crippen molar-refractivity contribution in [2.45, 2.75) is 59.7 Å². The fourth-order valence-corrected chi connectivity index (χ4v) is 1.53. The maximum atomic E-state index is 6.86. The number of nitrogens with zero attached hydrogens (tertiary/aromatic N) is 3. The van der Waals surface area contributed by atoms with Gasteiger partial charge in [-0.05, 0) is 41.5 Å². The molecule has 0 amide bonds. The third-order valence-corrected chi connectivity index (χ3v) is 1.89. The second-order valence-electron chi connectivity index (χ2n) is 4.36. The minimum absolute atomic E-state index is 0.189. The molecular weight excluding hydrogens is 188 g/mol. The van der Waals surface area contributed by atoms with Crippen LogP contribution in [0.4, 0.5) is 0 Å². The van der Waals surface area contributed by atoms with Crippen LogP contribution in [-0.4, -0.2) is 29.0 Å². The Hall–Kier alpha value is -1.24. The van der Waals surface area contributed by atoms with Crippen LogP contribution in [0.3, 0.4) is 0 Å². The molecule has 0 rings (SSSR count). The van der Waals surface area contributed by atoms with Crippen LogP contribution < -0.4 is 5.43 Å². The van der Waals surface area contributed by atoms with Gasteiger partial charge in [0, 0.05) is 18.1 Å². The summed E-state index contributed by atoms with van der Waals surface area (Å²) in [6, 6.07) is 0.850. The van der Waals surface area contributed by atoms with Gasteiger partial charge in [0.15, 0.2) is 0 Å². The van der Waals surface area contributed by atoms with Crippen molar-refractivity contribution in [3.8, 4) is 0 Å². The molecule has 0 fully saturated rings. The normalized spacial score (nSPS) is 12.1. The fraction of sp³-hybridized carbons (Fsp3) is 0.818. The molecule has 0 atom stereocenters. The van der Waals surface area contributed by atoms with E-state index >= 15 is 0 Å². The van der Waals surface area contributed by atoms with Crippen LogP contribution in [0.2, 0.25) is 0 Å². The molecule has 0 aromatic heterocycles. The number of nitrogens with one attached hydrogen (secondary N) is 1. The van der Waals surface area contributed by atoms with E-state index in [1.54, 1.807) is 0 Å². The van der Waals surface area contributed by atoms with Crippen molar-refractivity contribution < 1.29 is 0 Å². The van der Waals surface area contributed by atoms with E-state index in [-0.39, 0.29) is 6.04 Å². The third kappa shape index (κ3) is 4.68. The topological polar surface area (TPSA) is 32.0 Å². The molecular formula is C11H22N4. The van der Waals surface area contributed by atoms with E-state index in [2.05, 4.69) is 48.0 Å². The van der Waals surface area contributed by atoms with Gasteiger partial charge in [0.25, 0.3) is 5.96 Å². The molecule has 4 heteroatoms. The summed E-state index contributed by atoms with van der Waals surface area (Å²) in [5, 5.41) is 0. The van der Waals surface area contributed by atoms with E-state index in [0.29, 0.717) is 18.0 Å². The molecule has 15 heavy (non-hydrogen) atoms. The summed E-state index contributed by atoms with van der Waals surface area (Å²) < 4.78 is 0. The first kappa shape index (κ1) is 13.8. The molecule has 0 saturated carbocycles. The molecule has 0 aliphatic rings. The first-order chi connectivity index (χ1) is 6.90. The highest BCUT2D eigenvalue weighted by Gasteiger charge is 2.20. The Balaban J connectivity index is 4.94. The number of aliphatic imine (C=N–C) groups is 1. The molecule has 86 valence electrons. The number of hydrogen-bond acceptors (Lipinski definition) is 1. The number of hydrogen-bond donors (Lipinski definition) is 1. The predicted octanol–water partition coefficient (Wildman–Crippen LogP) is 2.29. The average molecular weight is 210 g/mol. The van der Waals surface area contributed by atoms with E-state index in [4.69, 9.17) is 6.57 Å². The highest BCUT2D eigenvalue weighted by molar-refractivity contribution is 5.81. The zero-order valence-electron chi connectivity index (χ0n) is 10.6. The van der Waals surface area contributed by atoms with Crippen LogP contribution in [0.25, 0.3) is 4.95 Å². The SMILES string of the molecule is [C-]#[N+]NC(=NC(C)C)N(C(C)C)C(C)C. The first-order valence-corrected chi connectivity index (χ1v) is 5.38. The summed E-state index contributed by atoms with van der Waals surface area (Å²) in [5.41, 5.74) is 2.64. The van der Waals surface area contributed by atoms with E-state index in [1.165, 1.54) is 0 Å². The highest BCUT2D eigenvalue weighted by Crippen LogP contribution is 2.06. The molecule has 4 nitrogen and oxygen atoms in total. The van der Waals surface area contributed by atoms with Gasteiger partial charge in [-0.25, -0.2) is 4.99 Å². The van der Waals surface area contributed by atoms with Crippen molar-refractivity contribution in [3.63, 3.8) is 0 Å². The van der Waals surface area contributed by atoms with Crippen molar-refractivity contribution in [3.05, 3.63) is 11.5 Å². The molecule has 0 aliphatic heterocycles. The Morgan fingerprint density at radius 3 is 1.87 bits per heavy atom. The van der Waals surface area contributed by atoms with Crippen LogP contribution >= 0.6 is 0 Å². The molecule has 0 saturated heterocycles. The lowest BCUT2D eigenvalue weighted by atomic mass is 10.2. The summed E-state index contributed by atoms with van der Waals surface area (Å²) >= 11 is 0. The van der Waals surface area contributed by atoms with Crippen LogP contribution in [0.1, 0.15) is 41.5 Å². The van der Waals surface area contributed by atoms with Crippen LogP contribution in [-0.2, 0) is 0 Å². The quantitative estimate of drug-likeness (QED) is 0.335. The van der Waals surface area contributed by atoms with Crippen LogP contribution in [0, 0.1) is 6.57 Å². The summed E-state index contributed by atoms with van der Waals surface area (Å²) in [6.45, 7) is 19.3. The van der Waals surface area contributed by atoms with Crippen molar-refractivity contribution in [2.24, 2.45) is 4.99 Å². The van der Waals surface area contributed by atoms with Gasteiger partial charge in [-0.15, -0.1) is 0 Å². The van der Waals surface area contributed by atoms with Gasteiger partial charge in [-0.2, -0.15) is 11.5 Å². The van der Waals surface area contributed by atoms with Crippen molar-refractivity contribution in [2.75, 3.05) is 0 Å². The minimum atomic E-state index is 0.189. The molecule has 0 spiro atoms. The summed E-state index contributed by atoms with van der Waals surface area (Å²) in [7, 11) is 0. The third-order valence-electron chi connectivity index (χ3n) is 1.89. The van der Waals surface area contributed by atoms with Gasteiger partial charge in [-0.3, -0.25) is 0 Å². The molecule has 0 bridgehead atoms. The Bertz CT molecular complexity index is 240. The highest BCUT2D eigenvalue weighted by atomic mass is 15.4. The van der Waals surface area contributed by atoms with E-state index < -0.39 is 0 Å². The number of guanidine groups is 1. The van der Waals surface area contributed by atoms with E-state index in [1.807, 2.05) is 13.8 Å². The molecule has 0 aliphatic carbocycles. The largest absolute Gasteiger partial charge is 0.333 e. The second kappa shape index (κ2) is 6.28. The Morgan fingerprint density at radius 2 is 1.60 bits per heavy atom. The molecule has 0 unspecified atom stereocenters. The van der Waals surface area contributed by atoms with Gasteiger partial charge in [0.2, 0.25) is 0 Å². The van der Waals surface area contributed by atoms with E-state index in [0.717, 1.165) is 0 Å². The average Bonchev–Trinajstić information content (AvgIpc) is 2.01. The van der Waals surface area contributed by atoms with Crippen LogP contribution in [0.15, 0.2) is 4.99 Å². The van der Waals surface area contributed by atoms with Crippen molar-refractivity contribution in [1.82, 2.24) is 10.3 Å². The lowest BCUT2D eigenvalue weighted by Gasteiger charge is -2.31. The zero-order valence-corrected chi connectivity index (χ0v) is 10.6. The standard InChI is InChI=1S/C11H22N4/c1-8(2)13-11(14-12-7)15(9(3)4)10(5)6/h8-10H,1-6H3,(H,13,14). The Labute approximate surface area is 93.2 Å². The van der Waals surface area contributed by atoms with E-state index in [9.17, 15) is 0 Å². The molecule has 0 aromatic carbocycles. The summed E-state index contributed by atoms with van der Waals surface area (Å²) in [4.78, 5) is 9.74. The van der Waals surface area contributed by atoms with Crippen LogP contribution in [0.5, 0.6) is 0 Å². The lowest BCUT2D eigenvalue weighted by Crippen LogP contribution is -2.47. The fourth-order valence-electron chi connectivity index (χ4n) is 1.53. The first-order valence-electron chi connectivity index (χ1n) is 5.38. The lowest BCUT2D eigenvalue weighted by molar-refractivity contribution is 0.283.